The quantitative estimate of drug-likeness (QED) is 0.773. The van der Waals surface area contributed by atoms with E-state index in [9.17, 15) is 4.79 Å². The van der Waals surface area contributed by atoms with Crippen molar-refractivity contribution in [3.05, 3.63) is 30.1 Å². The summed E-state index contributed by atoms with van der Waals surface area (Å²) >= 11 is 0. The zero-order chi connectivity index (χ0) is 10.7. The summed E-state index contributed by atoms with van der Waals surface area (Å²) in [7, 11) is 0. The Hall–Kier alpha value is -2.17. The lowest BCUT2D eigenvalue weighted by Crippen LogP contribution is -2.07. The Bertz CT molecular complexity index is 515. The molecule has 1 amide bonds. The highest BCUT2D eigenvalue weighted by Gasteiger charge is 1.96. The van der Waals surface area contributed by atoms with Crippen LogP contribution in [-0.4, -0.2) is 21.1 Å². The molecule has 3 N–H and O–H groups in total. The zero-order valence-electron chi connectivity index (χ0n) is 7.97. The summed E-state index contributed by atoms with van der Waals surface area (Å²) < 4.78 is 0. The maximum atomic E-state index is 10.5. The fourth-order valence-corrected chi connectivity index (χ4v) is 1.25. The molecule has 0 fully saturated rings. The third kappa shape index (κ3) is 2.19. The van der Waals surface area contributed by atoms with Crippen LogP contribution in [0, 0.1) is 0 Å². The lowest BCUT2D eigenvalue weighted by molar-refractivity contribution is -0.117. The van der Waals surface area contributed by atoms with E-state index in [1.165, 1.54) is 0 Å². The van der Waals surface area contributed by atoms with Gasteiger partial charge in [-0.3, -0.25) is 14.9 Å². The monoisotopic (exact) mass is 202 g/mol. The van der Waals surface area contributed by atoms with Crippen LogP contribution in [0.3, 0.4) is 0 Å². The summed E-state index contributed by atoms with van der Waals surface area (Å²) in [5.41, 5.74) is 7.61. The van der Waals surface area contributed by atoms with Gasteiger partial charge in [0.25, 0.3) is 0 Å². The molecule has 76 valence electrons. The average molecular weight is 202 g/mol. The first-order valence-corrected chi connectivity index (χ1v) is 4.49. The first kappa shape index (κ1) is 9.39. The van der Waals surface area contributed by atoms with Crippen molar-refractivity contribution in [2.75, 3.05) is 0 Å². The van der Waals surface area contributed by atoms with Gasteiger partial charge in [0, 0.05) is 12.6 Å². The Balaban J connectivity index is 2.21. The molecule has 15 heavy (non-hydrogen) atoms. The van der Waals surface area contributed by atoms with Gasteiger partial charge in [0.15, 0.2) is 0 Å². The Morgan fingerprint density at radius 2 is 2.40 bits per heavy atom. The number of fused-ring (bicyclic) bond motifs is 1. The number of nitrogens with one attached hydrogen (secondary N) is 1. The summed E-state index contributed by atoms with van der Waals surface area (Å²) in [5, 5.41) is 6.69. The van der Waals surface area contributed by atoms with E-state index in [2.05, 4.69) is 15.2 Å². The molecule has 0 bridgehead atoms. The number of nitrogens with two attached hydrogens (primary N) is 1. The van der Waals surface area contributed by atoms with Crippen LogP contribution in [0.4, 0.5) is 0 Å². The van der Waals surface area contributed by atoms with Crippen LogP contribution in [0.1, 0.15) is 12.0 Å². The minimum Gasteiger partial charge on any atom is -0.369 e. The average Bonchev–Trinajstić information content (AvgIpc) is 2.64. The summed E-state index contributed by atoms with van der Waals surface area (Å²) in [6, 6.07) is 1.91. The number of aromatic amines is 1. The molecule has 0 unspecified atom stereocenters. The van der Waals surface area contributed by atoms with Crippen LogP contribution < -0.4 is 5.73 Å². The lowest BCUT2D eigenvalue weighted by atomic mass is 10.2. The van der Waals surface area contributed by atoms with E-state index in [4.69, 9.17) is 5.73 Å². The van der Waals surface area contributed by atoms with E-state index in [0.717, 1.165) is 16.6 Å². The first-order chi connectivity index (χ1) is 7.25. The van der Waals surface area contributed by atoms with Gasteiger partial charge in [-0.15, -0.1) is 0 Å². The van der Waals surface area contributed by atoms with E-state index >= 15 is 0 Å². The second-order valence-electron chi connectivity index (χ2n) is 3.14. The molecule has 2 aromatic heterocycles. The van der Waals surface area contributed by atoms with E-state index in [1.54, 1.807) is 24.5 Å². The van der Waals surface area contributed by atoms with Crippen LogP contribution in [-0.2, 0) is 4.79 Å². The Labute approximate surface area is 86.0 Å². The topological polar surface area (TPSA) is 84.7 Å². The number of rotatable bonds is 3. The largest absolute Gasteiger partial charge is 0.369 e. The molecule has 0 saturated heterocycles. The molecule has 0 aliphatic heterocycles. The minimum absolute atomic E-state index is 0.237. The van der Waals surface area contributed by atoms with Crippen LogP contribution in [0.25, 0.3) is 17.1 Å². The third-order valence-corrected chi connectivity index (χ3v) is 1.94. The fourth-order valence-electron chi connectivity index (χ4n) is 1.25. The number of hydrogen-bond donors (Lipinski definition) is 2. The van der Waals surface area contributed by atoms with Gasteiger partial charge in [-0.1, -0.05) is 12.2 Å². The van der Waals surface area contributed by atoms with Crippen molar-refractivity contribution < 1.29 is 4.79 Å². The van der Waals surface area contributed by atoms with Gasteiger partial charge in [0.1, 0.15) is 5.52 Å². The molecule has 2 rings (SSSR count). The molecule has 0 aliphatic rings. The van der Waals surface area contributed by atoms with Crippen molar-refractivity contribution in [2.24, 2.45) is 5.73 Å². The molecule has 0 saturated carbocycles. The number of pyridine rings is 1. The van der Waals surface area contributed by atoms with Crippen LogP contribution in [0.5, 0.6) is 0 Å². The summed E-state index contributed by atoms with van der Waals surface area (Å²) in [6.07, 6.45) is 7.13. The third-order valence-electron chi connectivity index (χ3n) is 1.94. The first-order valence-electron chi connectivity index (χ1n) is 4.49. The number of amides is 1. The summed E-state index contributed by atoms with van der Waals surface area (Å²) in [6.45, 7) is 0. The Morgan fingerprint density at radius 1 is 1.53 bits per heavy atom. The van der Waals surface area contributed by atoms with Crippen LogP contribution in [0.2, 0.25) is 0 Å². The number of carbonyl (C=O) groups excluding carboxylic acids is 1. The summed E-state index contributed by atoms with van der Waals surface area (Å²) in [4.78, 5) is 14.7. The second-order valence-corrected chi connectivity index (χ2v) is 3.14. The smallest absolute Gasteiger partial charge is 0.221 e. The molecule has 0 radical (unpaired) electrons. The predicted molar refractivity (Wildman–Crippen MR) is 56.7 cm³/mol. The minimum atomic E-state index is -0.346. The molecule has 0 aromatic carbocycles. The molecule has 2 aromatic rings. The van der Waals surface area contributed by atoms with Gasteiger partial charge in [-0.25, -0.2) is 0 Å². The molecular formula is C10H10N4O. The van der Waals surface area contributed by atoms with Crippen LogP contribution in [0.15, 0.2) is 24.5 Å². The van der Waals surface area contributed by atoms with Crippen molar-refractivity contribution in [1.29, 1.82) is 0 Å². The van der Waals surface area contributed by atoms with Crippen molar-refractivity contribution in [3.63, 3.8) is 0 Å². The van der Waals surface area contributed by atoms with Crippen molar-refractivity contribution in [3.8, 4) is 0 Å². The number of aromatic nitrogens is 3. The van der Waals surface area contributed by atoms with Crippen molar-refractivity contribution in [1.82, 2.24) is 15.2 Å². The lowest BCUT2D eigenvalue weighted by Gasteiger charge is -1.92. The molecule has 0 atom stereocenters. The second kappa shape index (κ2) is 3.91. The molecule has 0 aliphatic carbocycles. The highest BCUT2D eigenvalue weighted by Crippen LogP contribution is 2.10. The zero-order valence-corrected chi connectivity index (χ0v) is 7.97. The molecule has 5 heteroatoms. The molecule has 5 nitrogen and oxygen atoms in total. The van der Waals surface area contributed by atoms with Crippen molar-refractivity contribution >= 4 is 23.0 Å². The SMILES string of the molecule is NC(=O)CC=Cc1cnc2cn[nH]c2c1. The van der Waals surface area contributed by atoms with Crippen molar-refractivity contribution in [2.45, 2.75) is 6.42 Å². The predicted octanol–water partition coefficient (Wildman–Crippen LogP) is 0.846. The van der Waals surface area contributed by atoms with Gasteiger partial charge in [-0.05, 0) is 11.6 Å². The Morgan fingerprint density at radius 3 is 3.20 bits per heavy atom. The maximum Gasteiger partial charge on any atom is 0.221 e. The number of hydrogen-bond acceptors (Lipinski definition) is 3. The number of nitrogens with zero attached hydrogens (tertiary/aromatic N) is 2. The number of carbonyl (C=O) groups is 1. The van der Waals surface area contributed by atoms with Gasteiger partial charge >= 0.3 is 0 Å². The molecular weight excluding hydrogens is 192 g/mol. The van der Waals surface area contributed by atoms with E-state index in [0.29, 0.717) is 0 Å². The Kier molecular flexibility index (Phi) is 2.45. The van der Waals surface area contributed by atoms with Gasteiger partial charge in [-0.2, -0.15) is 5.10 Å². The van der Waals surface area contributed by atoms with Gasteiger partial charge in [0.2, 0.25) is 5.91 Å². The van der Waals surface area contributed by atoms with E-state index in [-0.39, 0.29) is 12.3 Å². The van der Waals surface area contributed by atoms with E-state index in [1.807, 2.05) is 6.07 Å². The van der Waals surface area contributed by atoms with Gasteiger partial charge < -0.3 is 5.73 Å². The summed E-state index contributed by atoms with van der Waals surface area (Å²) in [5.74, 6) is -0.346. The highest BCUT2D eigenvalue weighted by molar-refractivity contribution is 5.78. The molecule has 2 heterocycles. The maximum absolute atomic E-state index is 10.5. The number of primary amides is 1. The van der Waals surface area contributed by atoms with Gasteiger partial charge in [0.05, 0.1) is 11.7 Å². The normalized spacial score (nSPS) is 11.2. The highest BCUT2D eigenvalue weighted by atomic mass is 16.1. The van der Waals surface area contributed by atoms with E-state index < -0.39 is 0 Å². The molecule has 0 spiro atoms. The fraction of sp³-hybridized carbons (Fsp3) is 0.100. The standard InChI is InChI=1S/C10H10N4O/c11-10(15)3-1-2-7-4-8-9(12-5-7)6-13-14-8/h1-2,4-6H,3H2,(H2,11,15)(H,13,14). The number of H-pyrrole nitrogens is 1. The van der Waals surface area contributed by atoms with Crippen LogP contribution >= 0.6 is 0 Å².